The summed E-state index contributed by atoms with van der Waals surface area (Å²) < 4.78 is 0. The molecule has 1 saturated heterocycles. The van der Waals surface area contributed by atoms with Gasteiger partial charge in [0.1, 0.15) is 0 Å². The number of hydrogen-bond donors (Lipinski definition) is 1. The normalized spacial score (nSPS) is 24.9. The van der Waals surface area contributed by atoms with Crippen molar-refractivity contribution in [1.82, 2.24) is 4.90 Å². The molecule has 0 amide bonds. The van der Waals surface area contributed by atoms with Crippen LogP contribution in [0.2, 0.25) is 0 Å². The Morgan fingerprint density at radius 3 is 2.97 bits per heavy atom. The Bertz CT molecular complexity index is 923. The largest absolute Gasteiger partial charge is 0.384 e. The SMILES string of the molecule is CN1CCN2c3c(cccc31)C1CN(CCCc3cccc4c3NCC4)CCC12. The second-order valence-electron chi connectivity index (χ2n) is 9.32. The van der Waals surface area contributed by atoms with Crippen molar-refractivity contribution in [3.8, 4) is 0 Å². The number of rotatable bonds is 4. The van der Waals surface area contributed by atoms with Crippen LogP contribution in [0.4, 0.5) is 17.1 Å². The quantitative estimate of drug-likeness (QED) is 0.862. The molecule has 1 fully saturated rings. The highest BCUT2D eigenvalue weighted by atomic mass is 15.3. The van der Waals surface area contributed by atoms with E-state index in [2.05, 4.69) is 63.5 Å². The molecule has 4 heterocycles. The first kappa shape index (κ1) is 17.6. The maximum absolute atomic E-state index is 3.60. The highest BCUT2D eigenvalue weighted by molar-refractivity contribution is 5.80. The van der Waals surface area contributed by atoms with E-state index in [0.29, 0.717) is 5.92 Å². The molecule has 0 saturated carbocycles. The minimum absolute atomic E-state index is 0.688. The predicted molar refractivity (Wildman–Crippen MR) is 122 cm³/mol. The van der Waals surface area contributed by atoms with Crippen LogP contribution in [0.1, 0.15) is 35.4 Å². The minimum Gasteiger partial charge on any atom is -0.384 e. The number of nitrogens with one attached hydrogen (secondary N) is 1. The molecule has 29 heavy (non-hydrogen) atoms. The molecule has 0 bridgehead atoms. The molecule has 0 aromatic heterocycles. The zero-order valence-electron chi connectivity index (χ0n) is 17.5. The maximum Gasteiger partial charge on any atom is 0.0644 e. The molecule has 6 rings (SSSR count). The van der Waals surface area contributed by atoms with Gasteiger partial charge in [0.25, 0.3) is 0 Å². The van der Waals surface area contributed by atoms with Crippen LogP contribution in [0.25, 0.3) is 0 Å². The molecule has 0 spiro atoms. The summed E-state index contributed by atoms with van der Waals surface area (Å²) in [5.41, 5.74) is 9.06. The monoisotopic (exact) mass is 388 g/mol. The lowest BCUT2D eigenvalue weighted by atomic mass is 9.89. The van der Waals surface area contributed by atoms with Crippen molar-refractivity contribution in [3.63, 3.8) is 0 Å². The minimum atomic E-state index is 0.688. The van der Waals surface area contributed by atoms with Crippen LogP contribution in [0.15, 0.2) is 36.4 Å². The van der Waals surface area contributed by atoms with E-state index in [1.807, 2.05) is 0 Å². The fraction of sp³-hybridized carbons (Fsp3) is 0.520. The molecular weight excluding hydrogens is 356 g/mol. The molecule has 0 radical (unpaired) electrons. The van der Waals surface area contributed by atoms with Crippen LogP contribution in [-0.4, -0.2) is 57.3 Å². The number of aryl methyl sites for hydroxylation is 1. The van der Waals surface area contributed by atoms with E-state index in [4.69, 9.17) is 0 Å². The molecule has 2 unspecified atom stereocenters. The molecule has 152 valence electrons. The third kappa shape index (κ3) is 2.83. The summed E-state index contributed by atoms with van der Waals surface area (Å²) in [6.45, 7) is 7.15. The number of likely N-dealkylation sites (N-methyl/N-ethyl adjacent to an activating group) is 1. The summed E-state index contributed by atoms with van der Waals surface area (Å²) in [4.78, 5) is 7.92. The number of benzene rings is 2. The Balaban J connectivity index is 1.14. The summed E-state index contributed by atoms with van der Waals surface area (Å²) in [6, 6.07) is 14.6. The van der Waals surface area contributed by atoms with Gasteiger partial charge in [-0.2, -0.15) is 0 Å². The first-order valence-electron chi connectivity index (χ1n) is 11.5. The summed E-state index contributed by atoms with van der Waals surface area (Å²) >= 11 is 0. The molecule has 4 aliphatic rings. The molecule has 4 nitrogen and oxygen atoms in total. The van der Waals surface area contributed by atoms with Gasteiger partial charge in [-0.15, -0.1) is 0 Å². The van der Waals surface area contributed by atoms with Crippen LogP contribution in [0.5, 0.6) is 0 Å². The average molecular weight is 389 g/mol. The van der Waals surface area contributed by atoms with E-state index in [-0.39, 0.29) is 0 Å². The number of fused-ring (bicyclic) bond motifs is 4. The van der Waals surface area contributed by atoms with Gasteiger partial charge in [0.2, 0.25) is 0 Å². The van der Waals surface area contributed by atoms with Crippen LogP contribution in [0.3, 0.4) is 0 Å². The highest BCUT2D eigenvalue weighted by Gasteiger charge is 2.44. The summed E-state index contributed by atoms with van der Waals surface area (Å²) in [7, 11) is 2.25. The fourth-order valence-electron chi connectivity index (χ4n) is 6.29. The molecular formula is C25H32N4. The first-order valence-corrected chi connectivity index (χ1v) is 11.5. The van der Waals surface area contributed by atoms with Crippen LogP contribution >= 0.6 is 0 Å². The Morgan fingerprint density at radius 2 is 2.00 bits per heavy atom. The second-order valence-corrected chi connectivity index (χ2v) is 9.32. The lowest BCUT2D eigenvalue weighted by Crippen LogP contribution is -2.49. The van der Waals surface area contributed by atoms with Crippen molar-refractivity contribution in [1.29, 1.82) is 0 Å². The van der Waals surface area contributed by atoms with Gasteiger partial charge in [-0.25, -0.2) is 0 Å². The van der Waals surface area contributed by atoms with E-state index in [1.165, 1.54) is 74.4 Å². The van der Waals surface area contributed by atoms with Crippen molar-refractivity contribution < 1.29 is 0 Å². The van der Waals surface area contributed by atoms with Crippen LogP contribution < -0.4 is 15.1 Å². The highest BCUT2D eigenvalue weighted by Crippen LogP contribution is 2.50. The standard InChI is InChI=1S/C25H32N4/c1-27-15-16-29-22-11-14-28(17-21(22)20-8-3-9-23(27)25(20)29)13-4-7-18-5-2-6-19-10-12-26-24(18)19/h2-3,5-6,8-9,21-22,26H,4,7,10-17H2,1H3. The van der Waals surface area contributed by atoms with E-state index in [9.17, 15) is 0 Å². The third-order valence-corrected chi connectivity index (χ3v) is 7.73. The van der Waals surface area contributed by atoms with E-state index in [0.717, 1.165) is 19.1 Å². The molecule has 2 atom stereocenters. The van der Waals surface area contributed by atoms with Crippen molar-refractivity contribution in [3.05, 3.63) is 53.1 Å². The van der Waals surface area contributed by atoms with E-state index < -0.39 is 0 Å². The van der Waals surface area contributed by atoms with Crippen LogP contribution in [0, 0.1) is 0 Å². The van der Waals surface area contributed by atoms with E-state index in [1.54, 1.807) is 11.3 Å². The Labute approximate surface area is 174 Å². The zero-order valence-corrected chi connectivity index (χ0v) is 17.5. The smallest absolute Gasteiger partial charge is 0.0644 e. The van der Waals surface area contributed by atoms with Crippen molar-refractivity contribution in [2.75, 3.05) is 61.4 Å². The van der Waals surface area contributed by atoms with Gasteiger partial charge in [0, 0.05) is 57.4 Å². The number of nitrogens with zero attached hydrogens (tertiary/aromatic N) is 3. The number of para-hydroxylation sites is 2. The predicted octanol–water partition coefficient (Wildman–Crippen LogP) is 3.72. The molecule has 2 aromatic carbocycles. The van der Waals surface area contributed by atoms with Gasteiger partial charge in [0.05, 0.1) is 11.4 Å². The number of hydrogen-bond acceptors (Lipinski definition) is 4. The molecule has 4 aliphatic heterocycles. The summed E-state index contributed by atoms with van der Waals surface area (Å²) in [5.74, 6) is 0.688. The number of likely N-dealkylation sites (tertiary alicyclic amines) is 1. The topological polar surface area (TPSA) is 21.8 Å². The van der Waals surface area contributed by atoms with Gasteiger partial charge in [-0.3, -0.25) is 0 Å². The first-order chi connectivity index (χ1) is 14.3. The molecule has 2 aromatic rings. The summed E-state index contributed by atoms with van der Waals surface area (Å²) in [5, 5.41) is 3.60. The van der Waals surface area contributed by atoms with Crippen molar-refractivity contribution in [2.24, 2.45) is 0 Å². The second kappa shape index (κ2) is 6.94. The van der Waals surface area contributed by atoms with Gasteiger partial charge < -0.3 is 20.0 Å². The lowest BCUT2D eigenvalue weighted by molar-refractivity contribution is 0.191. The maximum atomic E-state index is 3.60. The van der Waals surface area contributed by atoms with Gasteiger partial charge in [-0.1, -0.05) is 30.3 Å². The molecule has 4 heteroatoms. The van der Waals surface area contributed by atoms with Crippen molar-refractivity contribution >= 4 is 17.1 Å². The Hall–Kier alpha value is -2.20. The van der Waals surface area contributed by atoms with Gasteiger partial charge in [0.15, 0.2) is 0 Å². The van der Waals surface area contributed by atoms with Gasteiger partial charge >= 0.3 is 0 Å². The Kier molecular flexibility index (Phi) is 4.22. The summed E-state index contributed by atoms with van der Waals surface area (Å²) in [6.07, 6.45) is 4.95. The average Bonchev–Trinajstić information content (AvgIpc) is 3.35. The number of piperidine rings is 1. The van der Waals surface area contributed by atoms with Gasteiger partial charge in [-0.05, 0) is 55.0 Å². The third-order valence-electron chi connectivity index (χ3n) is 7.73. The molecule has 1 N–H and O–H groups in total. The Morgan fingerprint density at radius 1 is 1.07 bits per heavy atom. The zero-order chi connectivity index (χ0) is 19.4. The van der Waals surface area contributed by atoms with E-state index >= 15 is 0 Å². The lowest BCUT2D eigenvalue weighted by Gasteiger charge is -2.41. The number of anilines is 3. The van der Waals surface area contributed by atoms with Crippen molar-refractivity contribution in [2.45, 2.75) is 37.6 Å². The van der Waals surface area contributed by atoms with Crippen LogP contribution in [-0.2, 0) is 12.8 Å². The fourth-order valence-corrected chi connectivity index (χ4v) is 6.29. The molecule has 0 aliphatic carbocycles.